The van der Waals surface area contributed by atoms with Gasteiger partial charge in [0.2, 0.25) is 5.89 Å². The Hall–Kier alpha value is -2.21. The van der Waals surface area contributed by atoms with Crippen LogP contribution >= 0.6 is 0 Å². The molecule has 4 rings (SSSR count). The van der Waals surface area contributed by atoms with Gasteiger partial charge in [0, 0.05) is 18.5 Å². The minimum atomic E-state index is -0.0314. The lowest BCUT2D eigenvalue weighted by Gasteiger charge is -2.29. The summed E-state index contributed by atoms with van der Waals surface area (Å²) in [6.07, 6.45) is 3.59. The predicted molar refractivity (Wildman–Crippen MR) is 103 cm³/mol. The molecule has 1 spiro atoms. The maximum atomic E-state index is 12.7. The molecule has 2 aromatic rings. The Kier molecular flexibility index (Phi) is 4.54. The van der Waals surface area contributed by atoms with E-state index in [2.05, 4.69) is 22.1 Å². The SMILES string of the molecule is Cc1ccc(C(=O)N(C)Cc2nc(C3CC34CCN(C)CC4)no2)cc1C. The average molecular weight is 368 g/mol. The van der Waals surface area contributed by atoms with Crippen molar-refractivity contribution in [2.24, 2.45) is 5.41 Å². The van der Waals surface area contributed by atoms with Crippen molar-refractivity contribution >= 4 is 5.91 Å². The van der Waals surface area contributed by atoms with Crippen LogP contribution in [0.1, 0.15) is 58.4 Å². The van der Waals surface area contributed by atoms with Crippen LogP contribution in [-0.4, -0.2) is 53.0 Å². The smallest absolute Gasteiger partial charge is 0.254 e. The van der Waals surface area contributed by atoms with Gasteiger partial charge in [-0.3, -0.25) is 4.79 Å². The van der Waals surface area contributed by atoms with Gasteiger partial charge >= 0.3 is 0 Å². The van der Waals surface area contributed by atoms with Gasteiger partial charge in [0.1, 0.15) is 0 Å². The minimum Gasteiger partial charge on any atom is -0.337 e. The molecule has 1 aromatic carbocycles. The van der Waals surface area contributed by atoms with Crippen molar-refractivity contribution in [2.75, 3.05) is 27.2 Å². The highest BCUT2D eigenvalue weighted by Gasteiger charge is 2.57. The Balaban J connectivity index is 1.39. The maximum absolute atomic E-state index is 12.7. The number of rotatable bonds is 4. The van der Waals surface area contributed by atoms with E-state index in [0.29, 0.717) is 29.3 Å². The van der Waals surface area contributed by atoms with Gasteiger partial charge in [-0.25, -0.2) is 0 Å². The van der Waals surface area contributed by atoms with Crippen molar-refractivity contribution in [3.05, 3.63) is 46.6 Å². The maximum Gasteiger partial charge on any atom is 0.254 e. The van der Waals surface area contributed by atoms with E-state index in [1.165, 1.54) is 18.4 Å². The molecule has 2 heterocycles. The minimum absolute atomic E-state index is 0.0314. The highest BCUT2D eigenvalue weighted by molar-refractivity contribution is 5.94. The van der Waals surface area contributed by atoms with Crippen LogP contribution in [0.2, 0.25) is 0 Å². The zero-order valence-electron chi connectivity index (χ0n) is 16.7. The second-order valence-electron chi connectivity index (χ2n) is 8.43. The number of hydrogen-bond acceptors (Lipinski definition) is 5. The summed E-state index contributed by atoms with van der Waals surface area (Å²) >= 11 is 0. The van der Waals surface area contributed by atoms with Crippen LogP contribution in [0, 0.1) is 19.3 Å². The lowest BCUT2D eigenvalue weighted by Crippen LogP contribution is -2.31. The largest absolute Gasteiger partial charge is 0.337 e. The van der Waals surface area contributed by atoms with Crippen molar-refractivity contribution in [3.63, 3.8) is 0 Å². The monoisotopic (exact) mass is 368 g/mol. The quantitative estimate of drug-likeness (QED) is 0.829. The van der Waals surface area contributed by atoms with Gasteiger partial charge < -0.3 is 14.3 Å². The first-order chi connectivity index (χ1) is 12.9. The summed E-state index contributed by atoms with van der Waals surface area (Å²) in [6, 6.07) is 5.78. The summed E-state index contributed by atoms with van der Waals surface area (Å²) in [5.41, 5.74) is 3.37. The molecule has 1 saturated carbocycles. The molecule has 1 aliphatic carbocycles. The first-order valence-corrected chi connectivity index (χ1v) is 9.72. The van der Waals surface area contributed by atoms with E-state index in [9.17, 15) is 4.79 Å². The topological polar surface area (TPSA) is 62.5 Å². The zero-order chi connectivity index (χ0) is 19.2. The van der Waals surface area contributed by atoms with Gasteiger partial charge in [0.25, 0.3) is 5.91 Å². The fraction of sp³-hybridized carbons (Fsp3) is 0.571. The third kappa shape index (κ3) is 3.50. The van der Waals surface area contributed by atoms with E-state index in [1.807, 2.05) is 32.0 Å². The molecule has 2 aliphatic rings. The molecule has 0 N–H and O–H groups in total. The van der Waals surface area contributed by atoms with Crippen LogP contribution in [0.3, 0.4) is 0 Å². The third-order valence-electron chi connectivity index (χ3n) is 6.44. The Labute approximate surface area is 160 Å². The van der Waals surface area contributed by atoms with E-state index < -0.39 is 0 Å². The summed E-state index contributed by atoms with van der Waals surface area (Å²) in [5.74, 6) is 1.72. The number of benzene rings is 1. The number of hydrogen-bond donors (Lipinski definition) is 0. The number of carbonyl (C=O) groups is 1. The lowest BCUT2D eigenvalue weighted by molar-refractivity contribution is 0.0769. The molecule has 1 atom stereocenters. The second kappa shape index (κ2) is 6.75. The second-order valence-corrected chi connectivity index (χ2v) is 8.43. The number of piperidine rings is 1. The van der Waals surface area contributed by atoms with Crippen LogP contribution in [0.5, 0.6) is 0 Å². The molecule has 6 nitrogen and oxygen atoms in total. The van der Waals surface area contributed by atoms with Gasteiger partial charge in [0.15, 0.2) is 5.82 Å². The van der Waals surface area contributed by atoms with Gasteiger partial charge in [-0.05, 0) is 81.9 Å². The first-order valence-electron chi connectivity index (χ1n) is 9.72. The molecule has 1 aliphatic heterocycles. The predicted octanol–water partition coefficient (Wildman–Crippen LogP) is 3.16. The molecule has 144 valence electrons. The number of aryl methyl sites for hydroxylation is 2. The van der Waals surface area contributed by atoms with Crippen molar-refractivity contribution in [1.29, 1.82) is 0 Å². The summed E-state index contributed by atoms with van der Waals surface area (Å²) < 4.78 is 5.46. The molecule has 1 aromatic heterocycles. The normalized spacial score (nSPS) is 21.4. The van der Waals surface area contributed by atoms with Crippen molar-refractivity contribution in [2.45, 2.75) is 45.6 Å². The van der Waals surface area contributed by atoms with E-state index in [1.54, 1.807) is 11.9 Å². The Bertz CT molecular complexity index is 852. The highest BCUT2D eigenvalue weighted by Crippen LogP contribution is 2.64. The third-order valence-corrected chi connectivity index (χ3v) is 6.44. The summed E-state index contributed by atoms with van der Waals surface area (Å²) in [7, 11) is 3.95. The molecule has 0 radical (unpaired) electrons. The number of nitrogens with zero attached hydrogens (tertiary/aromatic N) is 4. The fourth-order valence-corrected chi connectivity index (χ4v) is 4.17. The average Bonchev–Trinajstić information content (AvgIpc) is 3.16. The molecule has 6 heteroatoms. The van der Waals surface area contributed by atoms with E-state index in [0.717, 1.165) is 30.9 Å². The molecule has 1 unspecified atom stereocenters. The van der Waals surface area contributed by atoms with Gasteiger partial charge in [-0.15, -0.1) is 0 Å². The summed E-state index contributed by atoms with van der Waals surface area (Å²) in [6.45, 7) is 6.69. The molecule has 27 heavy (non-hydrogen) atoms. The first kappa shape index (κ1) is 18.2. The van der Waals surface area contributed by atoms with Crippen molar-refractivity contribution in [1.82, 2.24) is 19.9 Å². The number of amides is 1. The van der Waals surface area contributed by atoms with E-state index >= 15 is 0 Å². The van der Waals surface area contributed by atoms with Gasteiger partial charge in [-0.1, -0.05) is 11.2 Å². The highest BCUT2D eigenvalue weighted by atomic mass is 16.5. The number of carbonyl (C=O) groups excluding carboxylic acids is 1. The Morgan fingerprint density at radius 2 is 2.04 bits per heavy atom. The van der Waals surface area contributed by atoms with Crippen LogP contribution in [0.4, 0.5) is 0 Å². The molecular weight excluding hydrogens is 340 g/mol. The van der Waals surface area contributed by atoms with Gasteiger partial charge in [0.05, 0.1) is 6.54 Å². The fourth-order valence-electron chi connectivity index (χ4n) is 4.17. The molecule has 1 saturated heterocycles. The summed E-state index contributed by atoms with van der Waals surface area (Å²) in [5, 5.41) is 4.22. The number of likely N-dealkylation sites (tertiary alicyclic amines) is 1. The molecule has 1 amide bonds. The van der Waals surface area contributed by atoms with Crippen molar-refractivity contribution in [3.8, 4) is 0 Å². The van der Waals surface area contributed by atoms with Crippen LogP contribution < -0.4 is 0 Å². The van der Waals surface area contributed by atoms with Crippen LogP contribution in [0.25, 0.3) is 0 Å². The Morgan fingerprint density at radius 1 is 1.30 bits per heavy atom. The summed E-state index contributed by atoms with van der Waals surface area (Å²) in [4.78, 5) is 21.3. The zero-order valence-corrected chi connectivity index (χ0v) is 16.7. The van der Waals surface area contributed by atoms with Gasteiger partial charge in [-0.2, -0.15) is 4.98 Å². The molecular formula is C21H28N4O2. The Morgan fingerprint density at radius 3 is 2.74 bits per heavy atom. The number of aromatic nitrogens is 2. The van der Waals surface area contributed by atoms with E-state index in [-0.39, 0.29) is 5.91 Å². The van der Waals surface area contributed by atoms with Crippen molar-refractivity contribution < 1.29 is 9.32 Å². The standard InChI is InChI=1S/C21H28N4O2/c1-14-5-6-16(11-15(14)2)20(26)25(4)13-18-22-19(23-27-18)17-12-21(17)7-9-24(3)10-8-21/h5-6,11,17H,7-10,12-13H2,1-4H3. The molecule has 0 bridgehead atoms. The lowest BCUT2D eigenvalue weighted by atomic mass is 9.91. The molecule has 2 fully saturated rings. The van der Waals surface area contributed by atoms with E-state index in [4.69, 9.17) is 4.52 Å². The van der Waals surface area contributed by atoms with Crippen LogP contribution in [0.15, 0.2) is 22.7 Å². The van der Waals surface area contributed by atoms with Crippen LogP contribution in [-0.2, 0) is 6.54 Å².